The molecule has 1 heterocycles. The molecule has 1 aliphatic rings. The molecule has 0 saturated carbocycles. The van der Waals surface area contributed by atoms with Crippen molar-refractivity contribution in [2.75, 3.05) is 0 Å². The van der Waals surface area contributed by atoms with Crippen LogP contribution in [0.1, 0.15) is 52.0 Å². The molecule has 3 nitrogen and oxygen atoms in total. The Morgan fingerprint density at radius 1 is 1.30 bits per heavy atom. The third-order valence-corrected chi connectivity index (χ3v) is 6.28. The van der Waals surface area contributed by atoms with Crippen molar-refractivity contribution in [3.63, 3.8) is 0 Å². The topological polar surface area (TPSA) is 46.7 Å². The van der Waals surface area contributed by atoms with Crippen LogP contribution in [0.3, 0.4) is 0 Å². The highest BCUT2D eigenvalue weighted by molar-refractivity contribution is 7.92. The highest BCUT2D eigenvalue weighted by Gasteiger charge is 2.36. The minimum Gasteiger partial charge on any atom is -0.370 e. The lowest BCUT2D eigenvalue weighted by molar-refractivity contribution is 0.357. The van der Waals surface area contributed by atoms with E-state index in [0.29, 0.717) is 23.0 Å². The summed E-state index contributed by atoms with van der Waals surface area (Å²) in [6.45, 7) is 7.66. The van der Waals surface area contributed by atoms with Crippen LogP contribution in [0.5, 0.6) is 0 Å². The maximum atomic E-state index is 12.3. The van der Waals surface area contributed by atoms with Gasteiger partial charge in [0.1, 0.15) is 0 Å². The second kappa shape index (κ2) is 5.86. The van der Waals surface area contributed by atoms with Crippen LogP contribution in [0.15, 0.2) is 29.2 Å². The minimum atomic E-state index is -3.20. The van der Waals surface area contributed by atoms with Gasteiger partial charge in [-0.3, -0.25) is 0 Å². The number of hydrogen-bond acceptors (Lipinski definition) is 3. The smallest absolute Gasteiger partial charge is 0.180 e. The molecular weight excluding hydrogens is 272 g/mol. The highest BCUT2D eigenvalue weighted by atomic mass is 32.2. The standard InChI is InChI=1S/C16H24O3S/c1-5-13(10-16-12(4)19-16)14-7-6-8-15(9-14)20(17,18)11(2)3/h6-9,11-13,16H,5,10H2,1-4H3. The van der Waals surface area contributed by atoms with Crippen LogP contribution < -0.4 is 0 Å². The predicted molar refractivity (Wildman–Crippen MR) is 80.7 cm³/mol. The molecule has 3 atom stereocenters. The zero-order valence-corrected chi connectivity index (χ0v) is 13.5. The first-order valence-corrected chi connectivity index (χ1v) is 8.90. The fourth-order valence-corrected chi connectivity index (χ4v) is 3.63. The Morgan fingerprint density at radius 3 is 2.45 bits per heavy atom. The van der Waals surface area contributed by atoms with E-state index in [4.69, 9.17) is 4.74 Å². The Hall–Kier alpha value is -0.870. The molecule has 1 saturated heterocycles. The summed E-state index contributed by atoms with van der Waals surface area (Å²) in [5, 5.41) is -0.385. The molecule has 0 aromatic heterocycles. The second-order valence-corrected chi connectivity index (χ2v) is 8.39. The van der Waals surface area contributed by atoms with Crippen LogP contribution >= 0.6 is 0 Å². The molecule has 0 aliphatic carbocycles. The van der Waals surface area contributed by atoms with Gasteiger partial charge in [-0.05, 0) is 57.2 Å². The molecule has 0 amide bonds. The van der Waals surface area contributed by atoms with E-state index in [1.165, 1.54) is 0 Å². The molecule has 4 heteroatoms. The first-order valence-electron chi connectivity index (χ1n) is 7.35. The Bertz CT molecular complexity index is 563. The van der Waals surface area contributed by atoms with E-state index in [2.05, 4.69) is 13.8 Å². The zero-order chi connectivity index (χ0) is 14.9. The summed E-state index contributed by atoms with van der Waals surface area (Å²) in [5.41, 5.74) is 1.11. The van der Waals surface area contributed by atoms with Gasteiger partial charge in [0.2, 0.25) is 0 Å². The fourth-order valence-electron chi connectivity index (χ4n) is 2.51. The molecule has 0 spiro atoms. The summed E-state index contributed by atoms with van der Waals surface area (Å²) >= 11 is 0. The Kier molecular flexibility index (Phi) is 4.55. The Balaban J connectivity index is 2.24. The van der Waals surface area contributed by atoms with Gasteiger partial charge in [0.15, 0.2) is 9.84 Å². The van der Waals surface area contributed by atoms with Crippen molar-refractivity contribution in [3.05, 3.63) is 29.8 Å². The van der Waals surface area contributed by atoms with Crippen LogP contribution in [-0.2, 0) is 14.6 Å². The molecule has 1 aromatic carbocycles. The Labute approximate surface area is 122 Å². The van der Waals surface area contributed by atoms with Crippen molar-refractivity contribution in [3.8, 4) is 0 Å². The van der Waals surface area contributed by atoms with Crippen LogP contribution in [0.2, 0.25) is 0 Å². The molecule has 1 aliphatic heterocycles. The summed E-state index contributed by atoms with van der Waals surface area (Å²) in [6.07, 6.45) is 2.66. The van der Waals surface area contributed by atoms with Crippen molar-refractivity contribution in [2.24, 2.45) is 0 Å². The summed E-state index contributed by atoms with van der Waals surface area (Å²) in [7, 11) is -3.20. The fraction of sp³-hybridized carbons (Fsp3) is 0.625. The average Bonchev–Trinajstić information content (AvgIpc) is 3.11. The van der Waals surface area contributed by atoms with E-state index in [1.807, 2.05) is 18.2 Å². The van der Waals surface area contributed by atoms with Gasteiger partial charge in [-0.15, -0.1) is 0 Å². The summed E-state index contributed by atoms with van der Waals surface area (Å²) in [5.74, 6) is 0.368. The SMILES string of the molecule is CCC(CC1OC1C)c1cccc(S(=O)(=O)C(C)C)c1. The molecule has 0 N–H and O–H groups in total. The van der Waals surface area contributed by atoms with Crippen LogP contribution in [0.25, 0.3) is 0 Å². The van der Waals surface area contributed by atoms with Gasteiger partial charge < -0.3 is 4.74 Å². The van der Waals surface area contributed by atoms with Crippen LogP contribution in [0, 0.1) is 0 Å². The van der Waals surface area contributed by atoms with E-state index in [-0.39, 0.29) is 5.25 Å². The van der Waals surface area contributed by atoms with Gasteiger partial charge in [0.25, 0.3) is 0 Å². The van der Waals surface area contributed by atoms with Gasteiger partial charge >= 0.3 is 0 Å². The lowest BCUT2D eigenvalue weighted by Crippen LogP contribution is -2.14. The van der Waals surface area contributed by atoms with E-state index in [1.54, 1.807) is 19.9 Å². The average molecular weight is 296 g/mol. The van der Waals surface area contributed by atoms with Crippen LogP contribution in [-0.4, -0.2) is 25.9 Å². The molecule has 112 valence electrons. The van der Waals surface area contributed by atoms with Gasteiger partial charge in [-0.1, -0.05) is 19.1 Å². The largest absolute Gasteiger partial charge is 0.370 e. The minimum absolute atomic E-state index is 0.338. The maximum Gasteiger partial charge on any atom is 0.180 e. The van der Waals surface area contributed by atoms with E-state index in [9.17, 15) is 8.42 Å². The number of hydrogen-bond donors (Lipinski definition) is 0. The summed E-state index contributed by atoms with van der Waals surface area (Å²) < 4.78 is 30.0. The predicted octanol–water partition coefficient (Wildman–Crippen LogP) is 3.54. The quantitative estimate of drug-likeness (QED) is 0.754. The molecule has 20 heavy (non-hydrogen) atoms. The van der Waals surface area contributed by atoms with Crippen molar-refractivity contribution >= 4 is 9.84 Å². The highest BCUT2D eigenvalue weighted by Crippen LogP contribution is 2.35. The number of benzene rings is 1. The number of ether oxygens (including phenoxy) is 1. The monoisotopic (exact) mass is 296 g/mol. The molecule has 0 bridgehead atoms. The van der Waals surface area contributed by atoms with E-state index < -0.39 is 9.84 Å². The summed E-state index contributed by atoms with van der Waals surface area (Å²) in [6, 6.07) is 7.42. The number of rotatable bonds is 6. The van der Waals surface area contributed by atoms with Crippen molar-refractivity contribution in [2.45, 2.75) is 68.8 Å². The lowest BCUT2D eigenvalue weighted by Gasteiger charge is -2.16. The first kappa shape index (κ1) is 15.5. The molecule has 1 aromatic rings. The van der Waals surface area contributed by atoms with Crippen molar-refractivity contribution < 1.29 is 13.2 Å². The molecule has 2 rings (SSSR count). The number of epoxide rings is 1. The molecule has 3 unspecified atom stereocenters. The van der Waals surface area contributed by atoms with Crippen molar-refractivity contribution in [1.29, 1.82) is 0 Å². The third kappa shape index (κ3) is 3.23. The third-order valence-electron chi connectivity index (χ3n) is 4.12. The maximum absolute atomic E-state index is 12.3. The Morgan fingerprint density at radius 2 is 1.95 bits per heavy atom. The summed E-state index contributed by atoms with van der Waals surface area (Å²) in [4.78, 5) is 0.438. The van der Waals surface area contributed by atoms with Crippen molar-refractivity contribution in [1.82, 2.24) is 0 Å². The van der Waals surface area contributed by atoms with E-state index >= 15 is 0 Å². The second-order valence-electron chi connectivity index (χ2n) is 5.89. The van der Waals surface area contributed by atoms with Crippen LogP contribution in [0.4, 0.5) is 0 Å². The normalized spacial score (nSPS) is 23.9. The van der Waals surface area contributed by atoms with Gasteiger partial charge in [-0.25, -0.2) is 8.42 Å². The molecule has 0 radical (unpaired) electrons. The van der Waals surface area contributed by atoms with Gasteiger partial charge in [0, 0.05) is 0 Å². The lowest BCUT2D eigenvalue weighted by atomic mass is 9.91. The van der Waals surface area contributed by atoms with Gasteiger partial charge in [0.05, 0.1) is 22.4 Å². The first-order chi connectivity index (χ1) is 9.36. The molecule has 1 fully saturated rings. The van der Waals surface area contributed by atoms with E-state index in [0.717, 1.165) is 18.4 Å². The van der Waals surface area contributed by atoms with Gasteiger partial charge in [-0.2, -0.15) is 0 Å². The number of sulfone groups is 1. The zero-order valence-electron chi connectivity index (χ0n) is 12.7. The molecular formula is C16H24O3S.